The lowest BCUT2D eigenvalue weighted by Crippen LogP contribution is -2.54. The van der Waals surface area contributed by atoms with Gasteiger partial charge in [0.25, 0.3) is 0 Å². The molecule has 3 fully saturated rings. The molecule has 3 saturated heterocycles. The predicted molar refractivity (Wildman–Crippen MR) is 170 cm³/mol. The molecule has 0 bridgehead atoms. The van der Waals surface area contributed by atoms with Crippen molar-refractivity contribution in [3.63, 3.8) is 0 Å². The Morgan fingerprint density at radius 3 is 2.73 bits per heavy atom. The Hall–Kier alpha value is -3.13. The number of rotatable bonds is 4. The number of piperazine rings is 2. The Morgan fingerprint density at radius 1 is 1.20 bits per heavy atom. The van der Waals surface area contributed by atoms with E-state index in [9.17, 15) is 5.26 Å². The van der Waals surface area contributed by atoms with Crippen LogP contribution in [0.5, 0.6) is 0 Å². The lowest BCUT2D eigenvalue weighted by atomic mass is 9.69. The maximum Gasteiger partial charge on any atom is 0.147 e. The summed E-state index contributed by atoms with van der Waals surface area (Å²) in [4.78, 5) is 13.7. The topological polar surface area (TPSA) is 120 Å². The molecule has 0 aromatic carbocycles. The number of thiophene rings is 1. The summed E-state index contributed by atoms with van der Waals surface area (Å²) in [6.07, 6.45) is 9.92. The number of nitrogen functional groups attached to an aromatic ring is 1. The van der Waals surface area contributed by atoms with E-state index in [2.05, 4.69) is 63.6 Å². The molecule has 0 spiro atoms. The summed E-state index contributed by atoms with van der Waals surface area (Å²) < 4.78 is 0. The number of aliphatic imine (C=N–C) groups is 1. The Bertz CT molecular complexity index is 1280. The van der Waals surface area contributed by atoms with Gasteiger partial charge in [-0.3, -0.25) is 10.3 Å². The van der Waals surface area contributed by atoms with Crippen LogP contribution in [0, 0.1) is 16.7 Å². The molecule has 220 valence electrons. The molecule has 3 unspecified atom stereocenters. The van der Waals surface area contributed by atoms with E-state index in [1.165, 1.54) is 30.0 Å². The Balaban J connectivity index is 0.00000165. The zero-order chi connectivity index (χ0) is 29.1. The van der Waals surface area contributed by atoms with Crippen LogP contribution < -0.4 is 16.4 Å². The highest BCUT2D eigenvalue weighted by Gasteiger charge is 2.40. The molecule has 1 aliphatic carbocycles. The van der Waals surface area contributed by atoms with Crippen LogP contribution in [-0.4, -0.2) is 90.7 Å². The van der Waals surface area contributed by atoms with Crippen LogP contribution in [0.4, 0.5) is 5.00 Å². The Kier molecular flexibility index (Phi) is 8.88. The van der Waals surface area contributed by atoms with E-state index in [0.717, 1.165) is 82.2 Å². The SMILES string of the molecule is C=C.CC(=NC(=N)C1C=C(N2CCNCC2)C=C(N2CCN3CCCC3C2)N1)C1(C)CCCc2sc(N)c(C#N)c21. The Morgan fingerprint density at radius 2 is 1.98 bits per heavy atom. The van der Waals surface area contributed by atoms with E-state index >= 15 is 0 Å². The molecule has 5 aliphatic rings. The molecule has 9 nitrogen and oxygen atoms in total. The first-order chi connectivity index (χ1) is 19.9. The number of allylic oxidation sites excluding steroid dienone is 1. The average molecular weight is 576 g/mol. The molecule has 1 aromatic heterocycles. The van der Waals surface area contributed by atoms with Crippen LogP contribution >= 0.6 is 11.3 Å². The van der Waals surface area contributed by atoms with E-state index in [1.807, 2.05) is 6.92 Å². The third kappa shape index (κ3) is 5.68. The number of fused-ring (bicyclic) bond motifs is 2. The number of nitrogens with zero attached hydrogens (tertiary/aromatic N) is 5. The quantitative estimate of drug-likeness (QED) is 0.247. The van der Waals surface area contributed by atoms with E-state index in [4.69, 9.17) is 16.1 Å². The van der Waals surface area contributed by atoms with E-state index in [-0.39, 0.29) is 6.04 Å². The number of hydrogen-bond donors (Lipinski definition) is 4. The lowest BCUT2D eigenvalue weighted by Gasteiger charge is -2.42. The van der Waals surface area contributed by atoms with Gasteiger partial charge in [0, 0.05) is 79.6 Å². The molecular weight excluding hydrogens is 530 g/mol. The minimum absolute atomic E-state index is 0.305. The van der Waals surface area contributed by atoms with Crippen LogP contribution in [0.3, 0.4) is 0 Å². The standard InChI is InChI=1S/C29H41N9S.C2H4/c1-19(29(2)7-3-6-24-26(29)22(17-30)28(32)39-24)34-27(31)23-15-21(37-11-8-33-9-12-37)16-25(35-23)38-14-13-36-10-4-5-20(36)18-38;1-2/h15-16,20,23,31,33,35H,3-14,18,32H2,1-2H3;1-2H2. The maximum absolute atomic E-state index is 9.88. The predicted octanol–water partition coefficient (Wildman–Crippen LogP) is 3.42. The van der Waals surface area contributed by atoms with Crippen molar-refractivity contribution in [2.75, 3.05) is 58.1 Å². The number of hydrogen-bond acceptors (Lipinski definition) is 9. The summed E-state index contributed by atoms with van der Waals surface area (Å²) >= 11 is 1.54. The molecule has 10 heteroatoms. The van der Waals surface area contributed by atoms with Crippen molar-refractivity contribution >= 4 is 27.9 Å². The minimum atomic E-state index is -0.393. The summed E-state index contributed by atoms with van der Waals surface area (Å²) in [5, 5.41) is 26.8. The van der Waals surface area contributed by atoms with Gasteiger partial charge in [-0.15, -0.1) is 24.5 Å². The molecule has 41 heavy (non-hydrogen) atoms. The van der Waals surface area contributed by atoms with Gasteiger partial charge in [-0.05, 0) is 57.2 Å². The third-order valence-corrected chi connectivity index (χ3v) is 10.5. The van der Waals surface area contributed by atoms with E-state index < -0.39 is 5.41 Å². The molecule has 4 aliphatic heterocycles. The van der Waals surface area contributed by atoms with Gasteiger partial charge in [-0.1, -0.05) is 6.92 Å². The highest BCUT2D eigenvalue weighted by molar-refractivity contribution is 7.16. The number of nitrogens with one attached hydrogen (secondary N) is 3. The lowest BCUT2D eigenvalue weighted by molar-refractivity contribution is 0.122. The van der Waals surface area contributed by atoms with Gasteiger partial charge >= 0.3 is 0 Å². The van der Waals surface area contributed by atoms with Gasteiger partial charge in [0.2, 0.25) is 0 Å². The van der Waals surface area contributed by atoms with Gasteiger partial charge in [-0.2, -0.15) is 5.26 Å². The number of amidine groups is 1. The fourth-order valence-corrected chi connectivity index (χ4v) is 8.28. The van der Waals surface area contributed by atoms with E-state index in [0.29, 0.717) is 22.4 Å². The number of aryl methyl sites for hydroxylation is 1. The second-order valence-electron chi connectivity index (χ2n) is 11.8. The second-order valence-corrected chi connectivity index (χ2v) is 12.9. The largest absolute Gasteiger partial charge is 0.389 e. The first-order valence-electron chi connectivity index (χ1n) is 15.0. The van der Waals surface area contributed by atoms with Gasteiger partial charge in [-0.25, -0.2) is 4.99 Å². The number of nitrogens with two attached hydrogens (primary N) is 1. The summed E-state index contributed by atoms with van der Waals surface area (Å²) in [7, 11) is 0. The number of dihydropyridines is 1. The molecule has 0 radical (unpaired) electrons. The van der Waals surface area contributed by atoms with Crippen molar-refractivity contribution in [1.82, 2.24) is 25.3 Å². The molecule has 6 rings (SSSR count). The molecule has 1 aromatic rings. The van der Waals surface area contributed by atoms with Crippen LogP contribution in [0.25, 0.3) is 0 Å². The van der Waals surface area contributed by atoms with Crippen molar-refractivity contribution in [2.45, 2.75) is 63.5 Å². The summed E-state index contributed by atoms with van der Waals surface area (Å²) in [5.74, 6) is 1.43. The van der Waals surface area contributed by atoms with Crippen LogP contribution in [0.15, 0.2) is 41.8 Å². The first-order valence-corrected chi connectivity index (χ1v) is 15.8. The highest BCUT2D eigenvalue weighted by atomic mass is 32.1. The minimum Gasteiger partial charge on any atom is -0.389 e. The van der Waals surface area contributed by atoms with Gasteiger partial charge in [0.1, 0.15) is 28.8 Å². The molecule has 0 saturated carbocycles. The maximum atomic E-state index is 9.88. The van der Waals surface area contributed by atoms with Crippen molar-refractivity contribution < 1.29 is 0 Å². The van der Waals surface area contributed by atoms with Crippen LogP contribution in [-0.2, 0) is 11.8 Å². The number of nitriles is 1. The zero-order valence-electron chi connectivity index (χ0n) is 24.6. The number of anilines is 1. The fraction of sp³-hybridized carbons (Fsp3) is 0.581. The Labute approximate surface area is 249 Å². The van der Waals surface area contributed by atoms with Crippen molar-refractivity contribution in [3.8, 4) is 6.07 Å². The average Bonchev–Trinajstić information content (AvgIpc) is 3.62. The second kappa shape index (κ2) is 12.4. The van der Waals surface area contributed by atoms with Gasteiger partial charge in [0.15, 0.2) is 0 Å². The highest BCUT2D eigenvalue weighted by Crippen LogP contribution is 2.46. The molecule has 5 N–H and O–H groups in total. The molecule has 5 heterocycles. The van der Waals surface area contributed by atoms with Crippen LogP contribution in [0.2, 0.25) is 0 Å². The van der Waals surface area contributed by atoms with Crippen LogP contribution in [0.1, 0.15) is 55.5 Å². The summed E-state index contributed by atoms with van der Waals surface area (Å²) in [6, 6.07) is 2.68. The fourth-order valence-electron chi connectivity index (χ4n) is 7.09. The molecule has 0 amide bonds. The van der Waals surface area contributed by atoms with Crippen molar-refractivity contribution in [2.24, 2.45) is 4.99 Å². The smallest absolute Gasteiger partial charge is 0.147 e. The van der Waals surface area contributed by atoms with Crippen molar-refractivity contribution in [3.05, 3.63) is 52.8 Å². The molecule has 3 atom stereocenters. The monoisotopic (exact) mass is 575 g/mol. The van der Waals surface area contributed by atoms with Gasteiger partial charge in [0.05, 0.1) is 5.56 Å². The molecular formula is C31H45N9S. The third-order valence-electron chi connectivity index (χ3n) is 9.47. The first kappa shape index (κ1) is 29.4. The zero-order valence-corrected chi connectivity index (χ0v) is 25.5. The van der Waals surface area contributed by atoms with Gasteiger partial charge < -0.3 is 26.2 Å². The summed E-state index contributed by atoms with van der Waals surface area (Å²) in [5.41, 5.74) is 9.57. The normalized spacial score (nSPS) is 28.3. The van der Waals surface area contributed by atoms with Crippen molar-refractivity contribution in [1.29, 1.82) is 10.7 Å². The van der Waals surface area contributed by atoms with E-state index in [1.54, 1.807) is 11.3 Å². The summed E-state index contributed by atoms with van der Waals surface area (Å²) in [6.45, 7) is 18.4.